The van der Waals surface area contributed by atoms with Crippen LogP contribution in [0.2, 0.25) is 0 Å². The quantitative estimate of drug-likeness (QED) is 0.788. The van der Waals surface area contributed by atoms with Gasteiger partial charge < -0.3 is 14.4 Å². The van der Waals surface area contributed by atoms with Gasteiger partial charge in [-0.15, -0.1) is 0 Å². The summed E-state index contributed by atoms with van der Waals surface area (Å²) in [6, 6.07) is 3.82. The molecule has 5 nitrogen and oxygen atoms in total. The van der Waals surface area contributed by atoms with Crippen molar-refractivity contribution in [2.75, 3.05) is 18.0 Å². The smallest absolute Gasteiger partial charge is 0.412 e. The number of amides is 1. The molecule has 146 valence electrons. The molecule has 0 aromatic heterocycles. The average Bonchev–Trinajstić information content (AvgIpc) is 2.61. The molecule has 5 aliphatic rings. The third-order valence-corrected chi connectivity index (χ3v) is 6.43. The summed E-state index contributed by atoms with van der Waals surface area (Å²) in [5.74, 6) is -0.505. The van der Waals surface area contributed by atoms with Crippen LogP contribution in [-0.4, -0.2) is 48.6 Å². The summed E-state index contributed by atoms with van der Waals surface area (Å²) < 4.78 is 39.1. The molecule has 6 rings (SSSR count). The molecule has 7 heteroatoms. The molecule has 0 radical (unpaired) electrons. The molecular weight excluding hydrogens is 354 g/mol. The number of carbonyl (C=O) groups excluding carboxylic acids is 1. The molecule has 0 spiro atoms. The molecule has 4 bridgehead atoms. The highest BCUT2D eigenvalue weighted by Gasteiger charge is 2.50. The fourth-order valence-corrected chi connectivity index (χ4v) is 5.32. The van der Waals surface area contributed by atoms with Crippen molar-refractivity contribution in [2.24, 2.45) is 5.92 Å². The van der Waals surface area contributed by atoms with Crippen molar-refractivity contribution in [3.8, 4) is 0 Å². The predicted octanol–water partition coefficient (Wildman–Crippen LogP) is 3.67. The van der Waals surface area contributed by atoms with Crippen LogP contribution in [0.25, 0.3) is 0 Å². The van der Waals surface area contributed by atoms with Crippen LogP contribution in [0.3, 0.4) is 0 Å². The number of benzene rings is 1. The Morgan fingerprint density at radius 2 is 2.07 bits per heavy atom. The number of nitrogens with zero attached hydrogens (tertiary/aromatic N) is 2. The number of hydrogen-bond acceptors (Lipinski definition) is 4. The van der Waals surface area contributed by atoms with E-state index >= 15 is 0 Å². The molecule has 27 heavy (non-hydrogen) atoms. The van der Waals surface area contributed by atoms with E-state index in [9.17, 15) is 13.6 Å². The van der Waals surface area contributed by atoms with Crippen molar-refractivity contribution >= 4 is 11.8 Å². The highest BCUT2D eigenvalue weighted by Crippen LogP contribution is 2.45. The minimum atomic E-state index is -0.592. The fourth-order valence-electron chi connectivity index (χ4n) is 5.32. The van der Waals surface area contributed by atoms with Gasteiger partial charge in [0.05, 0.1) is 18.3 Å². The van der Waals surface area contributed by atoms with Gasteiger partial charge in [-0.1, -0.05) is 0 Å². The van der Waals surface area contributed by atoms with Crippen molar-refractivity contribution in [1.29, 1.82) is 0 Å². The van der Waals surface area contributed by atoms with Crippen molar-refractivity contribution < 1.29 is 23.0 Å². The molecule has 4 heterocycles. The van der Waals surface area contributed by atoms with Crippen molar-refractivity contribution in [3.05, 3.63) is 29.8 Å². The summed E-state index contributed by atoms with van der Waals surface area (Å²) in [5.41, 5.74) is 0.357. The predicted molar refractivity (Wildman–Crippen MR) is 94.3 cm³/mol. The molecule has 1 aromatic rings. The van der Waals surface area contributed by atoms with E-state index in [4.69, 9.17) is 9.47 Å². The highest BCUT2D eigenvalue weighted by molar-refractivity contribution is 5.69. The Kier molecular flexibility index (Phi) is 4.22. The second-order valence-electron chi connectivity index (χ2n) is 8.27. The number of rotatable bonds is 2. The van der Waals surface area contributed by atoms with Crippen LogP contribution in [0, 0.1) is 17.6 Å². The molecule has 1 aliphatic carbocycles. The molecule has 5 fully saturated rings. The van der Waals surface area contributed by atoms with Crippen LogP contribution in [0.4, 0.5) is 19.3 Å². The summed E-state index contributed by atoms with van der Waals surface area (Å²) in [5, 5.41) is 0. The van der Waals surface area contributed by atoms with Gasteiger partial charge in [-0.2, -0.15) is 0 Å². The van der Waals surface area contributed by atoms with Gasteiger partial charge in [-0.25, -0.2) is 13.6 Å². The molecular formula is C20H24F2N2O3. The Morgan fingerprint density at radius 3 is 2.85 bits per heavy atom. The van der Waals surface area contributed by atoms with E-state index in [1.54, 1.807) is 4.90 Å². The number of halogens is 2. The lowest BCUT2D eigenvalue weighted by molar-refractivity contribution is -0.220. The number of anilines is 1. The first kappa shape index (κ1) is 17.2. The number of piperidine rings is 2. The second kappa shape index (κ2) is 6.62. The molecule has 0 N–H and O–H groups in total. The van der Waals surface area contributed by atoms with Gasteiger partial charge in [0.2, 0.25) is 0 Å². The monoisotopic (exact) mass is 378 g/mol. The lowest BCUT2D eigenvalue weighted by Gasteiger charge is -2.55. The van der Waals surface area contributed by atoms with E-state index in [0.717, 1.165) is 44.6 Å². The van der Waals surface area contributed by atoms with E-state index in [-0.39, 0.29) is 24.5 Å². The molecule has 5 unspecified atom stereocenters. The zero-order valence-electron chi connectivity index (χ0n) is 15.2. The van der Waals surface area contributed by atoms with E-state index in [0.29, 0.717) is 30.8 Å². The van der Waals surface area contributed by atoms with Crippen LogP contribution in [-0.2, 0) is 9.47 Å². The Hall–Kier alpha value is -1.89. The standard InChI is InChI=1S/C20H24F2N2O3/c21-13-3-4-18(17(22)9-13)23-5-1-2-15(11-23)27-20(25)24-14-6-12-7-16(10-14)26-19(24)8-12/h3-4,9,12,14-16,19H,1-2,5-8,10-11H2. The average molecular weight is 378 g/mol. The molecule has 4 saturated heterocycles. The van der Waals surface area contributed by atoms with E-state index in [2.05, 4.69) is 0 Å². The lowest BCUT2D eigenvalue weighted by Crippen LogP contribution is -2.63. The van der Waals surface area contributed by atoms with Gasteiger partial charge in [0.25, 0.3) is 0 Å². The second-order valence-corrected chi connectivity index (χ2v) is 8.27. The summed E-state index contributed by atoms with van der Waals surface area (Å²) in [4.78, 5) is 16.5. The maximum Gasteiger partial charge on any atom is 0.412 e. The Morgan fingerprint density at radius 1 is 1.19 bits per heavy atom. The Bertz CT molecular complexity index is 716. The number of carbonyl (C=O) groups is 1. The SMILES string of the molecule is O=C(OC1CCCN(c2ccc(F)cc2F)C1)N1C2CC3CC(C2)OC1C3. The van der Waals surface area contributed by atoms with Gasteiger partial charge >= 0.3 is 6.09 Å². The van der Waals surface area contributed by atoms with Gasteiger partial charge in [0, 0.05) is 18.7 Å². The Labute approximate surface area is 157 Å². The topological polar surface area (TPSA) is 42.0 Å². The number of ether oxygens (including phenoxy) is 2. The highest BCUT2D eigenvalue weighted by atomic mass is 19.1. The van der Waals surface area contributed by atoms with Crippen molar-refractivity contribution in [3.63, 3.8) is 0 Å². The summed E-state index contributed by atoms with van der Waals surface area (Å²) in [6.45, 7) is 1.08. The fraction of sp³-hybridized carbons (Fsp3) is 0.650. The third kappa shape index (κ3) is 3.16. The van der Waals surface area contributed by atoms with Crippen LogP contribution in [0.5, 0.6) is 0 Å². The zero-order valence-corrected chi connectivity index (χ0v) is 15.2. The number of hydrogen-bond donors (Lipinski definition) is 0. The maximum absolute atomic E-state index is 14.1. The zero-order chi connectivity index (χ0) is 18.5. The van der Waals surface area contributed by atoms with Gasteiger partial charge in [-0.3, -0.25) is 4.90 Å². The summed E-state index contributed by atoms with van der Waals surface area (Å²) in [7, 11) is 0. The first-order chi connectivity index (χ1) is 13.1. The van der Waals surface area contributed by atoms with E-state index in [1.807, 2.05) is 4.90 Å². The van der Waals surface area contributed by atoms with E-state index < -0.39 is 11.6 Å². The normalized spacial score (nSPS) is 34.8. The molecule has 1 saturated carbocycles. The molecule has 1 aromatic carbocycles. The van der Waals surface area contributed by atoms with Crippen LogP contribution >= 0.6 is 0 Å². The van der Waals surface area contributed by atoms with Gasteiger partial charge in [0.15, 0.2) is 0 Å². The third-order valence-electron chi connectivity index (χ3n) is 6.43. The van der Waals surface area contributed by atoms with Gasteiger partial charge in [-0.05, 0) is 56.6 Å². The first-order valence-electron chi connectivity index (χ1n) is 9.91. The summed E-state index contributed by atoms with van der Waals surface area (Å²) >= 11 is 0. The van der Waals surface area contributed by atoms with Crippen molar-refractivity contribution in [1.82, 2.24) is 4.90 Å². The van der Waals surface area contributed by atoms with Crippen LogP contribution in [0.15, 0.2) is 18.2 Å². The van der Waals surface area contributed by atoms with Crippen molar-refractivity contribution in [2.45, 2.75) is 63.0 Å². The first-order valence-corrected chi connectivity index (χ1v) is 9.91. The molecule has 5 atom stereocenters. The van der Waals surface area contributed by atoms with E-state index in [1.165, 1.54) is 12.1 Å². The van der Waals surface area contributed by atoms with Crippen LogP contribution < -0.4 is 4.90 Å². The Balaban J connectivity index is 1.25. The summed E-state index contributed by atoms with van der Waals surface area (Å²) in [6.07, 6.45) is 5.05. The lowest BCUT2D eigenvalue weighted by atomic mass is 9.75. The molecule has 4 aliphatic heterocycles. The minimum Gasteiger partial charge on any atom is -0.444 e. The minimum absolute atomic E-state index is 0.150. The van der Waals surface area contributed by atoms with Crippen LogP contribution in [0.1, 0.15) is 38.5 Å². The molecule has 1 amide bonds. The maximum atomic E-state index is 14.1. The van der Waals surface area contributed by atoms with Gasteiger partial charge in [0.1, 0.15) is 24.0 Å². The largest absolute Gasteiger partial charge is 0.444 e.